The zero-order chi connectivity index (χ0) is 20.1. The van der Waals surface area contributed by atoms with E-state index in [1.54, 1.807) is 6.20 Å². The van der Waals surface area contributed by atoms with Crippen molar-refractivity contribution >= 4 is 17.5 Å². The fourth-order valence-electron chi connectivity index (χ4n) is 2.70. The second-order valence-corrected chi connectivity index (χ2v) is 6.55. The van der Waals surface area contributed by atoms with Gasteiger partial charge < -0.3 is 10.2 Å². The van der Waals surface area contributed by atoms with Gasteiger partial charge in [0.15, 0.2) is 5.82 Å². The molecule has 1 heterocycles. The molecule has 0 saturated carbocycles. The number of rotatable bonds is 6. The van der Waals surface area contributed by atoms with Crippen LogP contribution in [0.15, 0.2) is 60.8 Å². The monoisotopic (exact) mass is 387 g/mol. The minimum absolute atomic E-state index is 0.135. The second kappa shape index (κ2) is 8.24. The van der Waals surface area contributed by atoms with Crippen LogP contribution < -0.4 is 10.2 Å². The molecule has 0 atom stereocenters. The highest BCUT2D eigenvalue weighted by Crippen LogP contribution is 2.31. The van der Waals surface area contributed by atoms with E-state index in [9.17, 15) is 13.2 Å². The van der Waals surface area contributed by atoms with Crippen molar-refractivity contribution in [2.75, 3.05) is 10.2 Å². The van der Waals surface area contributed by atoms with Crippen LogP contribution in [0, 0.1) is 0 Å². The molecule has 1 aromatic heterocycles. The van der Waals surface area contributed by atoms with Crippen molar-refractivity contribution in [1.82, 2.24) is 15.2 Å². The van der Waals surface area contributed by atoms with Gasteiger partial charge in [-0.3, -0.25) is 0 Å². The predicted octanol–water partition coefficient (Wildman–Crippen LogP) is 5.05. The van der Waals surface area contributed by atoms with Crippen LogP contribution in [0.3, 0.4) is 0 Å². The SMILES string of the molecule is CC(C)N(Cc1ccccc1)c1cnnc(Nc2cccc(C(F)(F)F)c2)n1. The Morgan fingerprint density at radius 2 is 1.79 bits per heavy atom. The molecular weight excluding hydrogens is 367 g/mol. The van der Waals surface area contributed by atoms with Gasteiger partial charge in [0.1, 0.15) is 0 Å². The van der Waals surface area contributed by atoms with E-state index in [-0.39, 0.29) is 17.7 Å². The molecule has 3 aromatic rings. The van der Waals surface area contributed by atoms with Gasteiger partial charge in [0.05, 0.1) is 11.8 Å². The summed E-state index contributed by atoms with van der Waals surface area (Å²) in [5.41, 5.74) is 0.615. The first kappa shape index (κ1) is 19.6. The Labute approximate surface area is 161 Å². The zero-order valence-corrected chi connectivity index (χ0v) is 15.5. The number of hydrogen-bond donors (Lipinski definition) is 1. The fourth-order valence-corrected chi connectivity index (χ4v) is 2.70. The molecule has 0 saturated heterocycles. The molecule has 0 fully saturated rings. The van der Waals surface area contributed by atoms with E-state index in [4.69, 9.17) is 0 Å². The molecular formula is C20H20F3N5. The van der Waals surface area contributed by atoms with Crippen LogP contribution >= 0.6 is 0 Å². The van der Waals surface area contributed by atoms with Crippen LogP contribution in [0.25, 0.3) is 0 Å². The van der Waals surface area contributed by atoms with E-state index in [0.717, 1.165) is 17.7 Å². The third-order valence-corrected chi connectivity index (χ3v) is 4.11. The summed E-state index contributed by atoms with van der Waals surface area (Å²) < 4.78 is 38.7. The molecule has 0 radical (unpaired) electrons. The lowest BCUT2D eigenvalue weighted by Gasteiger charge is -2.27. The molecule has 0 amide bonds. The maximum Gasteiger partial charge on any atom is 0.416 e. The highest BCUT2D eigenvalue weighted by atomic mass is 19.4. The fraction of sp³-hybridized carbons (Fsp3) is 0.250. The Morgan fingerprint density at radius 1 is 1.04 bits per heavy atom. The summed E-state index contributed by atoms with van der Waals surface area (Å²) in [6, 6.07) is 14.9. The maximum absolute atomic E-state index is 12.9. The minimum Gasteiger partial charge on any atom is -0.348 e. The van der Waals surface area contributed by atoms with Crippen LogP contribution in [0.5, 0.6) is 0 Å². The van der Waals surface area contributed by atoms with E-state index in [1.807, 2.05) is 49.1 Å². The minimum atomic E-state index is -4.41. The van der Waals surface area contributed by atoms with Gasteiger partial charge in [-0.2, -0.15) is 23.3 Å². The third-order valence-electron chi connectivity index (χ3n) is 4.11. The zero-order valence-electron chi connectivity index (χ0n) is 15.5. The Bertz CT molecular complexity index is 913. The van der Waals surface area contributed by atoms with Gasteiger partial charge in [0, 0.05) is 18.3 Å². The van der Waals surface area contributed by atoms with Crippen molar-refractivity contribution in [1.29, 1.82) is 0 Å². The summed E-state index contributed by atoms with van der Waals surface area (Å²) in [5, 5.41) is 10.7. The summed E-state index contributed by atoms with van der Waals surface area (Å²) in [6.07, 6.45) is -2.87. The summed E-state index contributed by atoms with van der Waals surface area (Å²) in [6.45, 7) is 4.69. The molecule has 0 aliphatic carbocycles. The Hall–Kier alpha value is -3.16. The van der Waals surface area contributed by atoms with E-state index in [0.29, 0.717) is 12.4 Å². The van der Waals surface area contributed by atoms with Crippen LogP contribution in [0.4, 0.5) is 30.6 Å². The second-order valence-electron chi connectivity index (χ2n) is 6.55. The Balaban J connectivity index is 1.83. The molecule has 5 nitrogen and oxygen atoms in total. The lowest BCUT2D eigenvalue weighted by molar-refractivity contribution is -0.137. The predicted molar refractivity (Wildman–Crippen MR) is 102 cm³/mol. The molecule has 2 aromatic carbocycles. The third kappa shape index (κ3) is 4.97. The van der Waals surface area contributed by atoms with Crippen LogP contribution in [-0.4, -0.2) is 21.2 Å². The quantitative estimate of drug-likeness (QED) is 0.642. The summed E-state index contributed by atoms with van der Waals surface area (Å²) in [5.74, 6) is 0.721. The molecule has 3 rings (SSSR count). The van der Waals surface area contributed by atoms with Crippen LogP contribution in [0.2, 0.25) is 0 Å². The highest BCUT2D eigenvalue weighted by Gasteiger charge is 2.30. The molecule has 0 aliphatic rings. The number of anilines is 3. The molecule has 28 heavy (non-hydrogen) atoms. The van der Waals surface area contributed by atoms with E-state index in [1.165, 1.54) is 12.1 Å². The number of nitrogens with one attached hydrogen (secondary N) is 1. The molecule has 0 bridgehead atoms. The smallest absolute Gasteiger partial charge is 0.348 e. The van der Waals surface area contributed by atoms with Crippen molar-refractivity contribution in [3.05, 3.63) is 71.9 Å². The molecule has 1 N–H and O–H groups in total. The number of aromatic nitrogens is 3. The lowest BCUT2D eigenvalue weighted by atomic mass is 10.2. The topological polar surface area (TPSA) is 53.9 Å². The number of alkyl halides is 3. The van der Waals surface area contributed by atoms with E-state index >= 15 is 0 Å². The van der Waals surface area contributed by atoms with Gasteiger partial charge in [-0.25, -0.2) is 0 Å². The van der Waals surface area contributed by atoms with E-state index < -0.39 is 11.7 Å². The van der Waals surface area contributed by atoms with Crippen molar-refractivity contribution in [2.45, 2.75) is 32.6 Å². The van der Waals surface area contributed by atoms with Gasteiger partial charge >= 0.3 is 6.18 Å². The largest absolute Gasteiger partial charge is 0.416 e. The average molecular weight is 387 g/mol. The number of hydrogen-bond acceptors (Lipinski definition) is 5. The maximum atomic E-state index is 12.9. The first-order chi connectivity index (χ1) is 13.3. The summed E-state index contributed by atoms with van der Waals surface area (Å²) >= 11 is 0. The van der Waals surface area contributed by atoms with Gasteiger partial charge in [0.2, 0.25) is 5.95 Å². The van der Waals surface area contributed by atoms with Gasteiger partial charge in [-0.15, -0.1) is 5.10 Å². The highest BCUT2D eigenvalue weighted by molar-refractivity contribution is 5.56. The van der Waals surface area contributed by atoms with Gasteiger partial charge in [-0.1, -0.05) is 36.4 Å². The normalized spacial score (nSPS) is 11.5. The Morgan fingerprint density at radius 3 is 2.46 bits per heavy atom. The van der Waals surface area contributed by atoms with Crippen molar-refractivity contribution < 1.29 is 13.2 Å². The lowest BCUT2D eigenvalue weighted by Crippen LogP contribution is -2.31. The first-order valence-electron chi connectivity index (χ1n) is 8.77. The molecule has 0 aliphatic heterocycles. The van der Waals surface area contributed by atoms with Gasteiger partial charge in [-0.05, 0) is 37.6 Å². The standard InChI is InChI=1S/C20H20F3N5/c1-14(2)28(13-15-7-4-3-5-8-15)18-12-24-27-19(26-18)25-17-10-6-9-16(11-17)20(21,22)23/h3-12,14H,13H2,1-2H3,(H,25,26,27). The Kier molecular flexibility index (Phi) is 5.77. The first-order valence-corrected chi connectivity index (χ1v) is 8.77. The molecule has 0 unspecified atom stereocenters. The number of halogens is 3. The van der Waals surface area contributed by atoms with Crippen LogP contribution in [0.1, 0.15) is 25.0 Å². The van der Waals surface area contributed by atoms with Crippen molar-refractivity contribution in [3.8, 4) is 0 Å². The average Bonchev–Trinajstić information content (AvgIpc) is 2.66. The molecule has 0 spiro atoms. The summed E-state index contributed by atoms with van der Waals surface area (Å²) in [7, 11) is 0. The molecule has 146 valence electrons. The van der Waals surface area contributed by atoms with Crippen LogP contribution in [-0.2, 0) is 12.7 Å². The molecule has 8 heteroatoms. The van der Waals surface area contributed by atoms with E-state index in [2.05, 4.69) is 20.5 Å². The summed E-state index contributed by atoms with van der Waals surface area (Å²) in [4.78, 5) is 6.48. The number of nitrogens with zero attached hydrogens (tertiary/aromatic N) is 4. The number of benzene rings is 2. The van der Waals surface area contributed by atoms with Crippen molar-refractivity contribution in [2.24, 2.45) is 0 Å². The van der Waals surface area contributed by atoms with Gasteiger partial charge in [0.25, 0.3) is 0 Å². The van der Waals surface area contributed by atoms with Crippen molar-refractivity contribution in [3.63, 3.8) is 0 Å².